The monoisotopic (exact) mass is 587 g/mol. The number of carbonyl (C=O) groups excluding carboxylic acids is 1. The largest absolute Gasteiger partial charge is 0.487 e. The van der Waals surface area contributed by atoms with Gasteiger partial charge in [0.1, 0.15) is 54.7 Å². The van der Waals surface area contributed by atoms with Crippen molar-refractivity contribution in [2.24, 2.45) is 0 Å². The average molecular weight is 588 g/mol. The molecule has 7 nitrogen and oxygen atoms in total. The minimum atomic E-state index is -0.311. The zero-order valence-corrected chi connectivity index (χ0v) is 23.8. The Bertz CT molecular complexity index is 1640. The van der Waals surface area contributed by atoms with E-state index >= 15 is 0 Å². The van der Waals surface area contributed by atoms with Crippen molar-refractivity contribution in [3.8, 4) is 17.1 Å². The highest BCUT2D eigenvalue weighted by atomic mass is 35.5. The number of fused-ring (bicyclic) bond motifs is 1. The van der Waals surface area contributed by atoms with Crippen LogP contribution in [0.25, 0.3) is 22.2 Å². The molecule has 0 fully saturated rings. The number of anilines is 2. The van der Waals surface area contributed by atoms with Gasteiger partial charge in [-0.2, -0.15) is 0 Å². The van der Waals surface area contributed by atoms with Gasteiger partial charge in [-0.15, -0.1) is 0 Å². The van der Waals surface area contributed by atoms with Crippen molar-refractivity contribution < 1.29 is 23.1 Å². The first-order valence-corrected chi connectivity index (χ1v) is 14.3. The van der Waals surface area contributed by atoms with Crippen molar-refractivity contribution in [2.45, 2.75) is 45.3 Å². The Labute approximate surface area is 248 Å². The molecule has 2 heterocycles. The van der Waals surface area contributed by atoms with E-state index in [4.69, 9.17) is 25.5 Å². The van der Waals surface area contributed by atoms with E-state index in [9.17, 15) is 9.18 Å². The number of benzene rings is 3. The van der Waals surface area contributed by atoms with Crippen molar-refractivity contribution in [3.05, 3.63) is 101 Å². The summed E-state index contributed by atoms with van der Waals surface area (Å²) in [6, 6.07) is 21.3. The highest BCUT2D eigenvalue weighted by Crippen LogP contribution is 2.33. The highest BCUT2D eigenvalue weighted by Gasteiger charge is 2.11. The summed E-state index contributed by atoms with van der Waals surface area (Å²) in [7, 11) is 0. The van der Waals surface area contributed by atoms with E-state index in [2.05, 4.69) is 15.3 Å². The van der Waals surface area contributed by atoms with Crippen LogP contribution < -0.4 is 10.1 Å². The van der Waals surface area contributed by atoms with Crippen LogP contribution in [0.15, 0.2) is 83.5 Å². The van der Waals surface area contributed by atoms with Gasteiger partial charge in [0.15, 0.2) is 0 Å². The van der Waals surface area contributed by atoms with Crippen molar-refractivity contribution in [1.29, 1.82) is 0 Å². The summed E-state index contributed by atoms with van der Waals surface area (Å²) in [5, 5.41) is 4.56. The SMILES string of the molecule is O=CCCCCCCOCc1ccc(-c2ccc3ncnc(Nc4ccc(OCc5cccc(F)c5)c(Cl)c4)c3c2)o1. The summed E-state index contributed by atoms with van der Waals surface area (Å²) in [5.41, 5.74) is 3.11. The van der Waals surface area contributed by atoms with Gasteiger partial charge in [0.2, 0.25) is 0 Å². The number of furan rings is 1. The van der Waals surface area contributed by atoms with Gasteiger partial charge in [-0.3, -0.25) is 0 Å². The molecule has 2 aromatic heterocycles. The van der Waals surface area contributed by atoms with E-state index in [-0.39, 0.29) is 12.4 Å². The Hall–Kier alpha value is -4.27. The van der Waals surface area contributed by atoms with Crippen LogP contribution >= 0.6 is 11.6 Å². The van der Waals surface area contributed by atoms with E-state index in [0.717, 1.165) is 65.6 Å². The minimum Gasteiger partial charge on any atom is -0.487 e. The number of aromatic nitrogens is 2. The van der Waals surface area contributed by atoms with Gasteiger partial charge in [0, 0.05) is 29.7 Å². The molecule has 0 amide bonds. The molecule has 0 saturated carbocycles. The van der Waals surface area contributed by atoms with E-state index in [1.807, 2.05) is 36.4 Å². The van der Waals surface area contributed by atoms with Crippen LogP contribution in [0.2, 0.25) is 5.02 Å². The normalized spacial score (nSPS) is 11.1. The lowest BCUT2D eigenvalue weighted by Gasteiger charge is -2.12. The van der Waals surface area contributed by atoms with Crippen molar-refractivity contribution in [3.63, 3.8) is 0 Å². The van der Waals surface area contributed by atoms with Gasteiger partial charge in [-0.1, -0.05) is 36.6 Å². The number of aldehydes is 1. The first kappa shape index (κ1) is 29.2. The summed E-state index contributed by atoms with van der Waals surface area (Å²) in [4.78, 5) is 19.2. The Balaban J connectivity index is 1.22. The molecule has 9 heteroatoms. The molecule has 5 aromatic rings. The zero-order valence-electron chi connectivity index (χ0n) is 23.0. The molecule has 216 valence electrons. The Morgan fingerprint density at radius 3 is 2.69 bits per heavy atom. The number of unbranched alkanes of at least 4 members (excludes halogenated alkanes) is 4. The fraction of sp³-hybridized carbons (Fsp3) is 0.242. The quantitative estimate of drug-likeness (QED) is 0.0968. The molecule has 0 saturated heterocycles. The lowest BCUT2D eigenvalue weighted by Crippen LogP contribution is -1.99. The zero-order chi connectivity index (χ0) is 29.1. The number of hydrogen-bond donors (Lipinski definition) is 1. The summed E-state index contributed by atoms with van der Waals surface area (Å²) >= 11 is 6.49. The second-order valence-corrected chi connectivity index (χ2v) is 10.2. The third-order valence-corrected chi connectivity index (χ3v) is 6.96. The highest BCUT2D eigenvalue weighted by molar-refractivity contribution is 6.32. The van der Waals surface area contributed by atoms with E-state index < -0.39 is 0 Å². The molecule has 1 N–H and O–H groups in total. The number of nitrogens with one attached hydrogen (secondary N) is 1. The van der Waals surface area contributed by atoms with Gasteiger partial charge >= 0.3 is 0 Å². The topological polar surface area (TPSA) is 86.5 Å². The molecule has 0 aliphatic carbocycles. The molecule has 42 heavy (non-hydrogen) atoms. The maximum atomic E-state index is 13.5. The maximum absolute atomic E-state index is 13.5. The van der Waals surface area contributed by atoms with Crippen LogP contribution in [0.1, 0.15) is 43.4 Å². The molecule has 0 bridgehead atoms. The number of carbonyl (C=O) groups is 1. The van der Waals surface area contributed by atoms with Gasteiger partial charge in [-0.05, 0) is 79.1 Å². The van der Waals surface area contributed by atoms with Gasteiger partial charge in [-0.25, -0.2) is 14.4 Å². The number of halogens is 2. The number of hydrogen-bond acceptors (Lipinski definition) is 7. The van der Waals surface area contributed by atoms with E-state index in [1.165, 1.54) is 18.5 Å². The van der Waals surface area contributed by atoms with Crippen molar-refractivity contribution in [1.82, 2.24) is 9.97 Å². The summed E-state index contributed by atoms with van der Waals surface area (Å²) in [6.07, 6.45) is 7.10. The lowest BCUT2D eigenvalue weighted by atomic mass is 10.1. The minimum absolute atomic E-state index is 0.202. The average Bonchev–Trinajstić information content (AvgIpc) is 3.47. The fourth-order valence-corrected chi connectivity index (χ4v) is 4.73. The predicted octanol–water partition coefficient (Wildman–Crippen LogP) is 8.67. The van der Waals surface area contributed by atoms with Crippen LogP contribution in [-0.2, 0) is 22.7 Å². The molecular weight excluding hydrogens is 557 g/mol. The summed E-state index contributed by atoms with van der Waals surface area (Å²) in [5.74, 6) is 2.28. The number of ether oxygens (including phenoxy) is 2. The Kier molecular flexibility index (Phi) is 10.1. The van der Waals surface area contributed by atoms with Crippen LogP contribution in [0.3, 0.4) is 0 Å². The third kappa shape index (κ3) is 7.93. The maximum Gasteiger partial charge on any atom is 0.141 e. The standard InChI is InChI=1S/C33H31ClFN3O4/c34-29-19-26(10-13-32(29)41-20-23-7-6-8-25(35)17-23)38-33-28-18-24(9-12-30(28)36-22-37-33)31-14-11-27(42-31)21-40-16-5-3-1-2-4-15-39/h6-15,17-19,22H,1-5,16,20-21H2,(H,36,37,38). The molecule has 0 atom stereocenters. The second-order valence-electron chi connectivity index (χ2n) is 9.83. The first-order chi connectivity index (χ1) is 20.6. The lowest BCUT2D eigenvalue weighted by molar-refractivity contribution is -0.107. The van der Waals surface area contributed by atoms with Gasteiger partial charge in [0.05, 0.1) is 10.5 Å². The van der Waals surface area contributed by atoms with Gasteiger partial charge < -0.3 is 24.0 Å². The predicted molar refractivity (Wildman–Crippen MR) is 162 cm³/mol. The van der Waals surface area contributed by atoms with Gasteiger partial charge in [0.25, 0.3) is 0 Å². The van der Waals surface area contributed by atoms with Crippen LogP contribution in [0.5, 0.6) is 5.75 Å². The Morgan fingerprint density at radius 1 is 0.929 bits per heavy atom. The van der Waals surface area contributed by atoms with Crippen molar-refractivity contribution >= 4 is 40.3 Å². The summed E-state index contributed by atoms with van der Waals surface area (Å²) in [6.45, 7) is 1.26. The van der Waals surface area contributed by atoms with Crippen molar-refractivity contribution in [2.75, 3.05) is 11.9 Å². The molecule has 0 spiro atoms. The molecule has 0 radical (unpaired) electrons. The molecule has 0 aliphatic rings. The van der Waals surface area contributed by atoms with Crippen LogP contribution in [-0.4, -0.2) is 22.9 Å². The molecular formula is C33H31ClFN3O4. The molecule has 3 aromatic carbocycles. The number of rotatable bonds is 15. The Morgan fingerprint density at radius 2 is 1.83 bits per heavy atom. The van der Waals surface area contributed by atoms with Crippen LogP contribution in [0.4, 0.5) is 15.9 Å². The third-order valence-electron chi connectivity index (χ3n) is 6.66. The summed E-state index contributed by atoms with van der Waals surface area (Å²) < 4.78 is 31.1. The van der Waals surface area contributed by atoms with Crippen LogP contribution in [0, 0.1) is 5.82 Å². The molecule has 0 unspecified atom stereocenters. The first-order valence-electron chi connectivity index (χ1n) is 13.9. The fourth-order valence-electron chi connectivity index (χ4n) is 4.50. The molecule has 0 aliphatic heterocycles. The number of nitrogens with zero attached hydrogens (tertiary/aromatic N) is 2. The second kappa shape index (κ2) is 14.6. The smallest absolute Gasteiger partial charge is 0.141 e. The molecule has 5 rings (SSSR count). The van der Waals surface area contributed by atoms with E-state index in [0.29, 0.717) is 41.8 Å². The van der Waals surface area contributed by atoms with E-state index in [1.54, 1.807) is 24.3 Å².